The molecule has 0 aliphatic rings. The van der Waals surface area contributed by atoms with E-state index in [4.69, 9.17) is 5.11 Å². The Balaban J connectivity index is 2.22. The lowest BCUT2D eigenvalue weighted by Gasteiger charge is -1.97. The molecule has 9 heteroatoms. The molecule has 1 rings (SSSR count). The Morgan fingerprint density at radius 2 is 2.58 bits per heavy atom. The summed E-state index contributed by atoms with van der Waals surface area (Å²) in [4.78, 5) is 0. The first-order valence-corrected chi connectivity index (χ1v) is 5.47. The summed E-state index contributed by atoms with van der Waals surface area (Å²) < 4.78 is 15.3. The fourth-order valence-electron chi connectivity index (χ4n) is 0.453. The summed E-state index contributed by atoms with van der Waals surface area (Å²) in [6, 6.07) is 0. The molecule has 0 fully saturated rings. The number of rotatable bonds is 5. The molecule has 1 atom stereocenters. The Kier molecular flexibility index (Phi) is 4.23. The molecule has 0 saturated heterocycles. The molecule has 1 unspecified atom stereocenters. The summed E-state index contributed by atoms with van der Waals surface area (Å²) in [6.45, 7) is -0.521. The van der Waals surface area contributed by atoms with Crippen LogP contribution in [0.3, 0.4) is 0 Å². The molecule has 1 heterocycles. The van der Waals surface area contributed by atoms with Gasteiger partial charge in [-0.15, -0.1) is 5.10 Å². The van der Waals surface area contributed by atoms with E-state index in [1.807, 2.05) is 0 Å². The molecule has 1 aromatic rings. The number of nitrogens with zero attached hydrogens (tertiary/aromatic N) is 3. The maximum Gasteiger partial charge on any atom is 0.207 e. The van der Waals surface area contributed by atoms with Gasteiger partial charge in [0.15, 0.2) is 0 Å². The molecule has 0 aromatic carbocycles. The highest BCUT2D eigenvalue weighted by Gasteiger charge is 2.02. The third kappa shape index (κ3) is 3.31. The minimum atomic E-state index is -2.17. The van der Waals surface area contributed by atoms with Gasteiger partial charge in [-0.3, -0.25) is 4.57 Å². The number of nitrogens with one attached hydrogen (secondary N) is 1. The zero-order valence-corrected chi connectivity index (χ0v) is 7.74. The number of hydrogen-bond donors (Lipinski definition) is 2. The first-order valence-electron chi connectivity index (χ1n) is 2.96. The third-order valence-corrected chi connectivity index (χ3v) is 3.30. The van der Waals surface area contributed by atoms with Crippen LogP contribution in [0.25, 0.3) is 0 Å². The van der Waals surface area contributed by atoms with E-state index in [9.17, 15) is 4.57 Å². The van der Waals surface area contributed by atoms with Gasteiger partial charge in [-0.1, -0.05) is 11.8 Å². The Hall–Kier alpha value is -0.430. The van der Waals surface area contributed by atoms with Crippen LogP contribution in [-0.2, 0) is 9.09 Å². The average molecular weight is 210 g/mol. The van der Waals surface area contributed by atoms with Crippen LogP contribution in [0.1, 0.15) is 0 Å². The molecule has 12 heavy (non-hydrogen) atoms. The predicted octanol–water partition coefficient (Wildman–Crippen LogP) is -0.310. The van der Waals surface area contributed by atoms with E-state index >= 15 is 0 Å². The molecule has 0 aliphatic heterocycles. The number of aromatic nitrogens is 4. The van der Waals surface area contributed by atoms with Crippen molar-refractivity contribution >= 4 is 19.8 Å². The summed E-state index contributed by atoms with van der Waals surface area (Å²) in [5.41, 5.74) is 0.252. The standard InChI is InChI=1S/C3H7N4O3PS/c8-1-10-11(9)2-12-3-4-6-7-5-3/h8,11H,1-2H2,(H,4,5,6,7). The van der Waals surface area contributed by atoms with Gasteiger partial charge < -0.3 is 9.63 Å². The number of aromatic amines is 1. The number of hydrogen-bond acceptors (Lipinski definition) is 7. The van der Waals surface area contributed by atoms with Crippen molar-refractivity contribution in [1.29, 1.82) is 0 Å². The van der Waals surface area contributed by atoms with Gasteiger partial charge in [0.1, 0.15) is 6.79 Å². The molecular formula is C3H7N4O3PS. The molecule has 0 amide bonds. The first-order chi connectivity index (χ1) is 5.83. The van der Waals surface area contributed by atoms with Crippen molar-refractivity contribution < 1.29 is 14.2 Å². The van der Waals surface area contributed by atoms with Crippen molar-refractivity contribution in [2.24, 2.45) is 0 Å². The largest absolute Gasteiger partial charge is 0.370 e. The summed E-state index contributed by atoms with van der Waals surface area (Å²) in [5, 5.41) is 21.4. The monoisotopic (exact) mass is 210 g/mol. The fraction of sp³-hybridized carbons (Fsp3) is 0.667. The zero-order chi connectivity index (χ0) is 8.81. The third-order valence-electron chi connectivity index (χ3n) is 0.878. The topological polar surface area (TPSA) is 101 Å². The van der Waals surface area contributed by atoms with Gasteiger partial charge in [-0.25, -0.2) is 5.10 Å². The highest BCUT2D eigenvalue weighted by Crippen LogP contribution is 2.29. The Bertz CT molecular complexity index is 242. The SMILES string of the molecule is O=[PH](CSc1nnn[nH]1)OCO. The molecule has 1 aromatic heterocycles. The normalized spacial score (nSPS) is 13.1. The van der Waals surface area contributed by atoms with Crippen LogP contribution in [-0.4, -0.2) is 38.0 Å². The number of aliphatic hydroxyl groups is 1. The number of H-pyrrole nitrogens is 1. The lowest BCUT2D eigenvalue weighted by Crippen LogP contribution is -1.84. The van der Waals surface area contributed by atoms with Crippen LogP contribution in [0, 0.1) is 0 Å². The van der Waals surface area contributed by atoms with Crippen molar-refractivity contribution in [1.82, 2.24) is 20.6 Å². The molecule has 0 radical (unpaired) electrons. The van der Waals surface area contributed by atoms with E-state index < -0.39 is 14.8 Å². The van der Waals surface area contributed by atoms with Crippen molar-refractivity contribution in [3.63, 3.8) is 0 Å². The van der Waals surface area contributed by atoms with E-state index in [0.717, 1.165) is 0 Å². The van der Waals surface area contributed by atoms with Crippen LogP contribution in [0.2, 0.25) is 0 Å². The fourth-order valence-corrected chi connectivity index (χ4v) is 2.15. The molecule has 2 N–H and O–H groups in total. The second kappa shape index (κ2) is 5.26. The lowest BCUT2D eigenvalue weighted by atomic mass is 11.4. The van der Waals surface area contributed by atoms with Crippen LogP contribution < -0.4 is 0 Å². The van der Waals surface area contributed by atoms with Gasteiger partial charge in [0.2, 0.25) is 13.2 Å². The summed E-state index contributed by atoms with van der Waals surface area (Å²) in [6.07, 6.45) is 0. The number of tetrazole rings is 1. The smallest absolute Gasteiger partial charge is 0.207 e. The van der Waals surface area contributed by atoms with E-state index in [1.165, 1.54) is 11.8 Å². The van der Waals surface area contributed by atoms with Crippen LogP contribution >= 0.6 is 19.8 Å². The van der Waals surface area contributed by atoms with Gasteiger partial charge in [0.25, 0.3) is 0 Å². The molecule has 0 spiro atoms. The second-order valence-electron chi connectivity index (χ2n) is 1.64. The summed E-state index contributed by atoms with van der Waals surface area (Å²) >= 11 is 1.18. The van der Waals surface area contributed by atoms with Gasteiger partial charge in [0.05, 0.1) is 5.49 Å². The minimum absolute atomic E-state index is 0.252. The second-order valence-corrected chi connectivity index (χ2v) is 4.50. The van der Waals surface area contributed by atoms with Crippen LogP contribution in [0.15, 0.2) is 5.16 Å². The predicted molar refractivity (Wildman–Crippen MR) is 42.1 cm³/mol. The van der Waals surface area contributed by atoms with Crippen LogP contribution in [0.4, 0.5) is 0 Å². The number of aliphatic hydroxyl groups excluding tert-OH is 1. The van der Waals surface area contributed by atoms with Crippen molar-refractivity contribution in [3.05, 3.63) is 0 Å². The minimum Gasteiger partial charge on any atom is -0.370 e. The van der Waals surface area contributed by atoms with E-state index in [0.29, 0.717) is 5.16 Å². The first kappa shape index (κ1) is 9.66. The highest BCUT2D eigenvalue weighted by atomic mass is 32.2. The molecule has 68 valence electrons. The van der Waals surface area contributed by atoms with Crippen molar-refractivity contribution in [2.75, 3.05) is 12.3 Å². The molecular weight excluding hydrogens is 203 g/mol. The maximum absolute atomic E-state index is 10.8. The van der Waals surface area contributed by atoms with Gasteiger partial charge in [0, 0.05) is 0 Å². The Morgan fingerprint density at radius 1 is 1.75 bits per heavy atom. The van der Waals surface area contributed by atoms with E-state index in [2.05, 4.69) is 25.1 Å². The number of thioether (sulfide) groups is 1. The van der Waals surface area contributed by atoms with E-state index in [-0.39, 0.29) is 5.49 Å². The lowest BCUT2D eigenvalue weighted by molar-refractivity contribution is 0.107. The molecule has 0 saturated carbocycles. The molecule has 0 aliphatic carbocycles. The van der Waals surface area contributed by atoms with Gasteiger partial charge in [-0.05, 0) is 10.4 Å². The highest BCUT2D eigenvalue weighted by molar-refractivity contribution is 8.03. The van der Waals surface area contributed by atoms with Gasteiger partial charge in [-0.2, -0.15) is 0 Å². The van der Waals surface area contributed by atoms with Crippen LogP contribution in [0.5, 0.6) is 0 Å². The average Bonchev–Trinajstić information content (AvgIpc) is 2.53. The quantitative estimate of drug-likeness (QED) is 0.390. The summed E-state index contributed by atoms with van der Waals surface area (Å²) in [7, 11) is -2.17. The Morgan fingerprint density at radius 3 is 3.17 bits per heavy atom. The van der Waals surface area contributed by atoms with Crippen molar-refractivity contribution in [2.45, 2.75) is 5.16 Å². The van der Waals surface area contributed by atoms with Crippen molar-refractivity contribution in [3.8, 4) is 0 Å². The molecule has 0 bridgehead atoms. The summed E-state index contributed by atoms with van der Waals surface area (Å²) in [5.74, 6) is 0. The zero-order valence-electron chi connectivity index (χ0n) is 5.93. The maximum atomic E-state index is 10.8. The van der Waals surface area contributed by atoms with Gasteiger partial charge >= 0.3 is 0 Å². The molecule has 7 nitrogen and oxygen atoms in total. The van der Waals surface area contributed by atoms with E-state index in [1.54, 1.807) is 0 Å². The Labute approximate surface area is 72.8 Å².